The summed E-state index contributed by atoms with van der Waals surface area (Å²) in [6.45, 7) is 0. The molecule has 138 valence electrons. The van der Waals surface area contributed by atoms with E-state index in [1.54, 1.807) is 32.4 Å². The van der Waals surface area contributed by atoms with Crippen molar-refractivity contribution in [2.75, 3.05) is 21.3 Å². The van der Waals surface area contributed by atoms with Crippen LogP contribution < -0.4 is 9.47 Å². The van der Waals surface area contributed by atoms with Gasteiger partial charge in [-0.1, -0.05) is 36.4 Å². The molecule has 0 spiro atoms. The molecular formula is C21H19NO4S. The normalized spacial score (nSPS) is 11.1. The molecule has 0 atom stereocenters. The lowest BCUT2D eigenvalue weighted by atomic mass is 10.1. The zero-order valence-corrected chi connectivity index (χ0v) is 16.1. The monoisotopic (exact) mass is 381 g/mol. The molecule has 6 heteroatoms. The molecule has 5 nitrogen and oxygen atoms in total. The summed E-state index contributed by atoms with van der Waals surface area (Å²) in [5.41, 5.74) is 2.98. The van der Waals surface area contributed by atoms with Gasteiger partial charge < -0.3 is 14.2 Å². The fourth-order valence-electron chi connectivity index (χ4n) is 2.57. The van der Waals surface area contributed by atoms with Gasteiger partial charge in [-0.3, -0.25) is 0 Å². The Labute approximate surface area is 161 Å². The van der Waals surface area contributed by atoms with Crippen LogP contribution in [0.3, 0.4) is 0 Å². The summed E-state index contributed by atoms with van der Waals surface area (Å²) in [7, 11) is 4.50. The van der Waals surface area contributed by atoms with Crippen molar-refractivity contribution in [1.29, 1.82) is 0 Å². The molecule has 0 aliphatic heterocycles. The highest BCUT2D eigenvalue weighted by molar-refractivity contribution is 7.11. The number of rotatable bonds is 6. The van der Waals surface area contributed by atoms with Crippen molar-refractivity contribution in [3.05, 3.63) is 64.5 Å². The highest BCUT2D eigenvalue weighted by Crippen LogP contribution is 2.31. The second-order valence-corrected chi connectivity index (χ2v) is 6.43. The van der Waals surface area contributed by atoms with Crippen molar-refractivity contribution in [2.24, 2.45) is 0 Å². The molecule has 0 amide bonds. The number of carbonyl (C=O) groups is 1. The Morgan fingerprint density at radius 1 is 1.00 bits per heavy atom. The van der Waals surface area contributed by atoms with Crippen molar-refractivity contribution >= 4 is 29.0 Å². The van der Waals surface area contributed by atoms with Crippen LogP contribution in [-0.2, 0) is 9.53 Å². The topological polar surface area (TPSA) is 57.7 Å². The molecular weight excluding hydrogens is 362 g/mol. The number of nitrogens with zero attached hydrogens (tertiary/aromatic N) is 1. The van der Waals surface area contributed by atoms with Gasteiger partial charge in [0.2, 0.25) is 0 Å². The van der Waals surface area contributed by atoms with Crippen LogP contribution in [0.25, 0.3) is 22.9 Å². The number of hydrogen-bond acceptors (Lipinski definition) is 6. The molecule has 0 saturated carbocycles. The van der Waals surface area contributed by atoms with Crippen molar-refractivity contribution in [2.45, 2.75) is 0 Å². The van der Waals surface area contributed by atoms with Crippen LogP contribution in [0.5, 0.6) is 11.5 Å². The van der Waals surface area contributed by atoms with E-state index in [0.717, 1.165) is 16.8 Å². The summed E-state index contributed by atoms with van der Waals surface area (Å²) < 4.78 is 15.5. The Morgan fingerprint density at radius 2 is 1.74 bits per heavy atom. The third-order valence-electron chi connectivity index (χ3n) is 3.93. The van der Waals surface area contributed by atoms with E-state index in [2.05, 4.69) is 4.98 Å². The van der Waals surface area contributed by atoms with Gasteiger partial charge in [-0.25, -0.2) is 9.78 Å². The van der Waals surface area contributed by atoms with Gasteiger partial charge in [-0.15, -0.1) is 11.3 Å². The van der Waals surface area contributed by atoms with E-state index < -0.39 is 5.97 Å². The molecule has 2 aromatic carbocycles. The Bertz CT molecular complexity index is 963. The Hall–Kier alpha value is -3.12. The SMILES string of the molecule is COC(=O)/C(=C\c1ccc(OC)c(OC)c1)c1nc(-c2ccccc2)cs1. The van der Waals surface area contributed by atoms with Gasteiger partial charge >= 0.3 is 5.97 Å². The van der Waals surface area contributed by atoms with Crippen molar-refractivity contribution in [1.82, 2.24) is 4.98 Å². The number of methoxy groups -OCH3 is 3. The van der Waals surface area contributed by atoms with Crippen LogP contribution in [0.2, 0.25) is 0 Å². The van der Waals surface area contributed by atoms with Crippen LogP contribution in [-0.4, -0.2) is 32.3 Å². The molecule has 27 heavy (non-hydrogen) atoms. The summed E-state index contributed by atoms with van der Waals surface area (Å²) in [6, 6.07) is 15.3. The molecule has 3 aromatic rings. The van der Waals surface area contributed by atoms with Crippen molar-refractivity contribution < 1.29 is 19.0 Å². The molecule has 0 fully saturated rings. The van der Waals surface area contributed by atoms with Gasteiger partial charge in [-0.05, 0) is 23.8 Å². The molecule has 0 saturated heterocycles. The van der Waals surface area contributed by atoms with Crippen LogP contribution in [0, 0.1) is 0 Å². The lowest BCUT2D eigenvalue weighted by molar-refractivity contribution is -0.133. The lowest BCUT2D eigenvalue weighted by Crippen LogP contribution is -2.03. The minimum absolute atomic E-state index is 0.386. The Balaban J connectivity index is 2.01. The van der Waals surface area contributed by atoms with Gasteiger partial charge in [-0.2, -0.15) is 0 Å². The third kappa shape index (κ3) is 4.17. The molecule has 0 unspecified atom stereocenters. The first-order valence-electron chi connectivity index (χ1n) is 8.19. The first-order chi connectivity index (χ1) is 13.2. The second-order valence-electron chi connectivity index (χ2n) is 5.57. The van der Waals surface area contributed by atoms with Crippen LogP contribution in [0.1, 0.15) is 10.6 Å². The smallest absolute Gasteiger partial charge is 0.340 e. The standard InChI is InChI=1S/C21H19NO4S/c1-24-18-10-9-14(12-19(18)25-2)11-16(21(23)26-3)20-22-17(13-27-20)15-7-5-4-6-8-15/h4-13H,1-3H3/b16-11-. The average molecular weight is 381 g/mol. The summed E-state index contributed by atoms with van der Waals surface area (Å²) in [6.07, 6.45) is 1.74. The van der Waals surface area contributed by atoms with E-state index in [-0.39, 0.29) is 0 Å². The van der Waals surface area contributed by atoms with E-state index >= 15 is 0 Å². The van der Waals surface area contributed by atoms with E-state index in [9.17, 15) is 4.79 Å². The van der Waals surface area contributed by atoms with Gasteiger partial charge in [0.15, 0.2) is 11.5 Å². The predicted octanol–water partition coefficient (Wildman–Crippen LogP) is 4.54. The fraction of sp³-hybridized carbons (Fsp3) is 0.143. The number of hydrogen-bond donors (Lipinski definition) is 0. The fourth-order valence-corrected chi connectivity index (χ4v) is 3.40. The summed E-state index contributed by atoms with van der Waals surface area (Å²) >= 11 is 1.40. The molecule has 1 heterocycles. The van der Waals surface area contributed by atoms with Crippen LogP contribution in [0.15, 0.2) is 53.9 Å². The Kier molecular flexibility index (Phi) is 5.88. The minimum Gasteiger partial charge on any atom is -0.493 e. The van der Waals surface area contributed by atoms with E-state index in [4.69, 9.17) is 14.2 Å². The van der Waals surface area contributed by atoms with E-state index in [1.165, 1.54) is 18.4 Å². The molecule has 0 radical (unpaired) electrons. The first-order valence-corrected chi connectivity index (χ1v) is 9.07. The number of thiazole rings is 1. The highest BCUT2D eigenvalue weighted by atomic mass is 32.1. The van der Waals surface area contributed by atoms with Crippen LogP contribution in [0.4, 0.5) is 0 Å². The maximum atomic E-state index is 12.4. The number of benzene rings is 2. The largest absolute Gasteiger partial charge is 0.493 e. The summed E-state index contributed by atoms with van der Waals surface area (Å²) in [4.78, 5) is 17.0. The van der Waals surface area contributed by atoms with Crippen molar-refractivity contribution in [3.8, 4) is 22.8 Å². The van der Waals surface area contributed by atoms with Gasteiger partial charge in [0.25, 0.3) is 0 Å². The summed E-state index contributed by atoms with van der Waals surface area (Å²) in [5, 5.41) is 2.52. The average Bonchev–Trinajstić information content (AvgIpc) is 3.21. The zero-order valence-electron chi connectivity index (χ0n) is 15.3. The maximum absolute atomic E-state index is 12.4. The second kappa shape index (κ2) is 8.51. The minimum atomic E-state index is -0.446. The van der Waals surface area contributed by atoms with Crippen LogP contribution >= 0.6 is 11.3 Å². The highest BCUT2D eigenvalue weighted by Gasteiger charge is 2.17. The van der Waals surface area contributed by atoms with E-state index in [1.807, 2.05) is 41.8 Å². The molecule has 0 N–H and O–H groups in total. The number of esters is 1. The molecule has 0 aliphatic carbocycles. The molecule has 0 bridgehead atoms. The lowest BCUT2D eigenvalue weighted by Gasteiger charge is -2.08. The number of aromatic nitrogens is 1. The molecule has 0 aliphatic rings. The molecule has 3 rings (SSSR count). The quantitative estimate of drug-likeness (QED) is 0.463. The maximum Gasteiger partial charge on any atom is 0.340 e. The number of ether oxygens (including phenoxy) is 3. The summed E-state index contributed by atoms with van der Waals surface area (Å²) in [5.74, 6) is 0.758. The first kappa shape index (κ1) is 18.7. The van der Waals surface area contributed by atoms with Gasteiger partial charge in [0, 0.05) is 10.9 Å². The van der Waals surface area contributed by atoms with E-state index in [0.29, 0.717) is 22.1 Å². The predicted molar refractivity (Wildman–Crippen MR) is 107 cm³/mol. The number of carbonyl (C=O) groups excluding carboxylic acids is 1. The van der Waals surface area contributed by atoms with Gasteiger partial charge in [0.1, 0.15) is 5.01 Å². The third-order valence-corrected chi connectivity index (χ3v) is 4.80. The molecule has 1 aromatic heterocycles. The van der Waals surface area contributed by atoms with Gasteiger partial charge in [0.05, 0.1) is 32.6 Å². The zero-order chi connectivity index (χ0) is 19.2. The van der Waals surface area contributed by atoms with Crippen molar-refractivity contribution in [3.63, 3.8) is 0 Å². The Morgan fingerprint density at radius 3 is 2.41 bits per heavy atom.